The average molecular weight is 268 g/mol. The third-order valence-corrected chi connectivity index (χ3v) is 3.52. The Hall–Kier alpha value is -2.10. The maximum atomic E-state index is 4.52. The molecule has 4 heteroatoms. The van der Waals surface area contributed by atoms with E-state index in [2.05, 4.69) is 57.9 Å². The van der Waals surface area contributed by atoms with E-state index >= 15 is 0 Å². The van der Waals surface area contributed by atoms with Crippen LogP contribution in [0.25, 0.3) is 0 Å². The molecule has 0 bridgehead atoms. The number of anilines is 2. The first-order valence-electron chi connectivity index (χ1n) is 7.11. The van der Waals surface area contributed by atoms with E-state index in [1.165, 1.54) is 24.0 Å². The van der Waals surface area contributed by atoms with Crippen LogP contribution in [-0.4, -0.2) is 17.0 Å². The van der Waals surface area contributed by atoms with Crippen molar-refractivity contribution in [1.29, 1.82) is 0 Å². The Kier molecular flexibility index (Phi) is 3.54. The van der Waals surface area contributed by atoms with Gasteiger partial charge in [-0.1, -0.05) is 29.8 Å². The van der Waals surface area contributed by atoms with Gasteiger partial charge in [0.2, 0.25) is 5.95 Å². The lowest BCUT2D eigenvalue weighted by atomic mass is 10.1. The van der Waals surface area contributed by atoms with Crippen molar-refractivity contribution in [2.45, 2.75) is 32.2 Å². The largest absolute Gasteiger partial charge is 0.366 e. The number of nitrogens with one attached hydrogen (secondary N) is 2. The smallest absolute Gasteiger partial charge is 0.224 e. The summed E-state index contributed by atoms with van der Waals surface area (Å²) in [4.78, 5) is 8.99. The Balaban J connectivity index is 1.74. The lowest BCUT2D eigenvalue weighted by molar-refractivity contribution is 0.979. The Labute approximate surface area is 119 Å². The van der Waals surface area contributed by atoms with Gasteiger partial charge in [-0.15, -0.1) is 0 Å². The van der Waals surface area contributed by atoms with Gasteiger partial charge in [-0.3, -0.25) is 0 Å². The van der Waals surface area contributed by atoms with Crippen molar-refractivity contribution in [3.05, 3.63) is 47.2 Å². The van der Waals surface area contributed by atoms with E-state index in [-0.39, 0.29) is 0 Å². The molecule has 1 saturated carbocycles. The van der Waals surface area contributed by atoms with Gasteiger partial charge < -0.3 is 10.6 Å². The summed E-state index contributed by atoms with van der Waals surface area (Å²) in [5, 5.41) is 6.43. The van der Waals surface area contributed by atoms with Crippen LogP contribution in [0.3, 0.4) is 0 Å². The van der Waals surface area contributed by atoms with E-state index < -0.39 is 0 Å². The van der Waals surface area contributed by atoms with Gasteiger partial charge in [-0.2, -0.15) is 4.98 Å². The number of rotatable bonds is 5. The third-order valence-electron chi connectivity index (χ3n) is 3.52. The summed E-state index contributed by atoms with van der Waals surface area (Å²) in [5.41, 5.74) is 3.69. The van der Waals surface area contributed by atoms with Crippen molar-refractivity contribution < 1.29 is 0 Å². The molecule has 20 heavy (non-hydrogen) atoms. The summed E-state index contributed by atoms with van der Waals surface area (Å²) in [5.74, 6) is 2.22. The van der Waals surface area contributed by atoms with Crippen molar-refractivity contribution in [3.8, 4) is 0 Å². The van der Waals surface area contributed by atoms with Gasteiger partial charge in [0, 0.05) is 25.6 Å². The van der Waals surface area contributed by atoms with Crippen LogP contribution in [0.15, 0.2) is 30.3 Å². The molecular weight excluding hydrogens is 248 g/mol. The predicted octanol–water partition coefficient (Wildman–Crippen LogP) is 3.32. The van der Waals surface area contributed by atoms with E-state index in [0.717, 1.165) is 18.1 Å². The summed E-state index contributed by atoms with van der Waals surface area (Å²) in [6.45, 7) is 2.89. The van der Waals surface area contributed by atoms with E-state index in [4.69, 9.17) is 0 Å². The number of hydrogen-bond acceptors (Lipinski definition) is 4. The summed E-state index contributed by atoms with van der Waals surface area (Å²) >= 11 is 0. The van der Waals surface area contributed by atoms with Gasteiger partial charge in [0.15, 0.2) is 0 Å². The molecule has 0 unspecified atom stereocenters. The summed E-state index contributed by atoms with van der Waals surface area (Å²) in [6, 6.07) is 10.6. The van der Waals surface area contributed by atoms with E-state index in [1.54, 1.807) is 0 Å². The van der Waals surface area contributed by atoms with E-state index in [0.29, 0.717) is 11.9 Å². The number of hydrogen-bond donors (Lipinski definition) is 2. The molecule has 0 spiro atoms. The normalized spacial score (nSPS) is 14.1. The molecule has 2 N–H and O–H groups in total. The second-order valence-electron chi connectivity index (χ2n) is 5.37. The van der Waals surface area contributed by atoms with E-state index in [9.17, 15) is 0 Å². The molecule has 0 saturated heterocycles. The number of benzene rings is 1. The zero-order chi connectivity index (χ0) is 13.9. The van der Waals surface area contributed by atoms with Crippen LogP contribution in [0.4, 0.5) is 11.8 Å². The van der Waals surface area contributed by atoms with Crippen molar-refractivity contribution in [3.63, 3.8) is 0 Å². The quantitative estimate of drug-likeness (QED) is 0.873. The lowest BCUT2D eigenvalue weighted by Gasteiger charge is -2.10. The highest BCUT2D eigenvalue weighted by Gasteiger charge is 2.26. The highest BCUT2D eigenvalue weighted by Crippen LogP contribution is 2.39. The van der Waals surface area contributed by atoms with Gasteiger partial charge in [0.1, 0.15) is 5.82 Å². The maximum absolute atomic E-state index is 4.52. The number of nitrogens with zero attached hydrogens (tertiary/aromatic N) is 2. The van der Waals surface area contributed by atoms with Gasteiger partial charge in [-0.25, -0.2) is 4.98 Å². The van der Waals surface area contributed by atoms with Crippen molar-refractivity contribution >= 4 is 11.8 Å². The zero-order valence-corrected chi connectivity index (χ0v) is 12.0. The van der Waals surface area contributed by atoms with Crippen molar-refractivity contribution in [1.82, 2.24) is 9.97 Å². The first-order valence-corrected chi connectivity index (χ1v) is 7.11. The van der Waals surface area contributed by atoms with Crippen LogP contribution in [0.2, 0.25) is 0 Å². The summed E-state index contributed by atoms with van der Waals surface area (Å²) in [7, 11) is 1.86. The van der Waals surface area contributed by atoms with Crippen molar-refractivity contribution in [2.24, 2.45) is 0 Å². The minimum Gasteiger partial charge on any atom is -0.366 e. The van der Waals surface area contributed by atoms with E-state index in [1.807, 2.05) is 7.05 Å². The third kappa shape index (κ3) is 3.07. The molecule has 0 radical (unpaired) electrons. The minimum absolute atomic E-state index is 0.629. The van der Waals surface area contributed by atoms with Crippen LogP contribution >= 0.6 is 0 Å². The monoisotopic (exact) mass is 268 g/mol. The molecule has 1 aromatic carbocycles. The van der Waals surface area contributed by atoms with Gasteiger partial charge in [0.25, 0.3) is 0 Å². The molecular formula is C16H20N4. The summed E-state index contributed by atoms with van der Waals surface area (Å²) < 4.78 is 0. The molecule has 1 fully saturated rings. The topological polar surface area (TPSA) is 49.8 Å². The highest BCUT2D eigenvalue weighted by atomic mass is 15.1. The molecule has 1 aliphatic rings. The summed E-state index contributed by atoms with van der Waals surface area (Å²) in [6.07, 6.45) is 2.50. The molecule has 0 aliphatic heterocycles. The first-order chi connectivity index (χ1) is 9.74. The Morgan fingerprint density at radius 3 is 2.75 bits per heavy atom. The molecule has 104 valence electrons. The fourth-order valence-corrected chi connectivity index (χ4v) is 2.27. The fourth-order valence-electron chi connectivity index (χ4n) is 2.27. The molecule has 0 atom stereocenters. The second-order valence-corrected chi connectivity index (χ2v) is 5.37. The standard InChI is InChI=1S/C16H20N4/c1-11-4-3-5-12(8-11)10-18-15-9-14(13-6-7-13)19-16(17-2)20-15/h3-5,8-9,13H,6-7,10H2,1-2H3,(H2,17,18,19,20). The highest BCUT2D eigenvalue weighted by molar-refractivity contribution is 5.44. The van der Waals surface area contributed by atoms with Crippen molar-refractivity contribution in [2.75, 3.05) is 17.7 Å². The molecule has 3 rings (SSSR count). The minimum atomic E-state index is 0.629. The molecule has 4 nitrogen and oxygen atoms in total. The number of aromatic nitrogens is 2. The van der Waals surface area contributed by atoms with Crippen LogP contribution in [0, 0.1) is 6.92 Å². The van der Waals surface area contributed by atoms with Gasteiger partial charge in [-0.05, 0) is 25.3 Å². The number of aryl methyl sites for hydroxylation is 1. The second kappa shape index (κ2) is 5.49. The van der Waals surface area contributed by atoms with Gasteiger partial charge >= 0.3 is 0 Å². The zero-order valence-electron chi connectivity index (χ0n) is 12.0. The molecule has 0 amide bonds. The maximum Gasteiger partial charge on any atom is 0.224 e. The molecule has 1 aliphatic carbocycles. The van der Waals surface area contributed by atoms with Crippen LogP contribution in [0.1, 0.15) is 35.6 Å². The Morgan fingerprint density at radius 1 is 1.20 bits per heavy atom. The molecule has 2 aromatic rings. The fraction of sp³-hybridized carbons (Fsp3) is 0.375. The SMILES string of the molecule is CNc1nc(NCc2cccc(C)c2)cc(C2CC2)n1. The van der Waals surface area contributed by atoms with Gasteiger partial charge in [0.05, 0.1) is 5.69 Å². The van der Waals surface area contributed by atoms with Crippen LogP contribution < -0.4 is 10.6 Å². The average Bonchev–Trinajstić information content (AvgIpc) is 3.29. The van der Waals surface area contributed by atoms with Crippen LogP contribution in [0.5, 0.6) is 0 Å². The Morgan fingerprint density at radius 2 is 2.05 bits per heavy atom. The van der Waals surface area contributed by atoms with Crippen LogP contribution in [-0.2, 0) is 6.54 Å². The molecule has 1 aromatic heterocycles. The Bertz CT molecular complexity index is 605. The lowest BCUT2D eigenvalue weighted by Crippen LogP contribution is -2.06. The predicted molar refractivity (Wildman–Crippen MR) is 82.1 cm³/mol. The first kappa shape index (κ1) is 12.9. The molecule has 1 heterocycles.